The number of nitrogens with zero attached hydrogens (tertiary/aromatic N) is 2. The highest BCUT2D eigenvalue weighted by atomic mass is 32.1. The maximum Gasteiger partial charge on any atom is 0.329 e. The summed E-state index contributed by atoms with van der Waals surface area (Å²) in [6.07, 6.45) is 9.52. The molecule has 0 saturated carbocycles. The Morgan fingerprint density at radius 2 is 2.03 bits per heavy atom. The maximum atomic E-state index is 13.3. The first-order valence-corrected chi connectivity index (χ1v) is 14.0. The molecule has 38 heavy (non-hydrogen) atoms. The van der Waals surface area contributed by atoms with Gasteiger partial charge in [-0.05, 0) is 38.2 Å². The molecule has 1 saturated heterocycles. The zero-order valence-corrected chi connectivity index (χ0v) is 23.5. The number of carbonyl (C=O) groups excluding carboxylic acids is 3. The summed E-state index contributed by atoms with van der Waals surface area (Å²) in [6, 6.07) is -0.665. The molecule has 206 valence electrons. The highest BCUT2D eigenvalue weighted by Gasteiger charge is 2.38. The SMILES string of the molecule is C=C1Cc2nc(cs2)C(=O)N2CCCC2C(=O)OC(C(C)C)C(C)/C=C/C(=O)NC/C=C/C(C)=C/C(O)C1. The topological polar surface area (TPSA) is 109 Å². The molecule has 3 rings (SSSR count). The molecule has 4 unspecified atom stereocenters. The van der Waals surface area contributed by atoms with Crippen molar-refractivity contribution in [2.75, 3.05) is 13.1 Å². The number of thiazole rings is 1. The third-order valence-electron chi connectivity index (χ3n) is 6.66. The van der Waals surface area contributed by atoms with E-state index in [1.165, 1.54) is 17.4 Å². The van der Waals surface area contributed by atoms with Gasteiger partial charge in [0.05, 0.1) is 11.1 Å². The lowest BCUT2D eigenvalue weighted by atomic mass is 9.94. The van der Waals surface area contributed by atoms with Gasteiger partial charge >= 0.3 is 5.97 Å². The number of aliphatic hydroxyl groups is 1. The Bertz CT molecular complexity index is 1120. The van der Waals surface area contributed by atoms with E-state index < -0.39 is 24.2 Å². The van der Waals surface area contributed by atoms with Gasteiger partial charge in [-0.2, -0.15) is 0 Å². The summed E-state index contributed by atoms with van der Waals surface area (Å²) in [5, 5.41) is 15.7. The Kier molecular flexibility index (Phi) is 10.6. The van der Waals surface area contributed by atoms with Crippen LogP contribution < -0.4 is 5.32 Å². The molecule has 2 bridgehead atoms. The summed E-state index contributed by atoms with van der Waals surface area (Å²) in [4.78, 5) is 44.9. The number of hydrogen-bond donors (Lipinski definition) is 2. The normalized spacial score (nSPS) is 29.7. The largest absolute Gasteiger partial charge is 0.460 e. The maximum absolute atomic E-state index is 13.3. The number of hydrogen-bond acceptors (Lipinski definition) is 7. The summed E-state index contributed by atoms with van der Waals surface area (Å²) < 4.78 is 5.93. The van der Waals surface area contributed by atoms with Gasteiger partial charge < -0.3 is 20.1 Å². The number of nitrogens with one attached hydrogen (secondary N) is 1. The number of aliphatic hydroxyl groups excluding tert-OH is 1. The molecule has 8 nitrogen and oxygen atoms in total. The van der Waals surface area contributed by atoms with E-state index in [-0.39, 0.29) is 23.7 Å². The van der Waals surface area contributed by atoms with Gasteiger partial charge in [-0.3, -0.25) is 9.59 Å². The van der Waals surface area contributed by atoms with Crippen molar-refractivity contribution >= 4 is 29.1 Å². The monoisotopic (exact) mass is 541 g/mol. The van der Waals surface area contributed by atoms with E-state index in [2.05, 4.69) is 16.9 Å². The highest BCUT2D eigenvalue weighted by Crippen LogP contribution is 2.26. The third kappa shape index (κ3) is 8.23. The average Bonchev–Trinajstić information content (AvgIpc) is 3.52. The van der Waals surface area contributed by atoms with Gasteiger partial charge in [0, 0.05) is 30.8 Å². The van der Waals surface area contributed by atoms with Gasteiger partial charge in [0.2, 0.25) is 5.91 Å². The van der Waals surface area contributed by atoms with Crippen LogP contribution in [0.2, 0.25) is 0 Å². The van der Waals surface area contributed by atoms with Crippen LogP contribution in [0.5, 0.6) is 0 Å². The van der Waals surface area contributed by atoms with E-state index in [0.29, 0.717) is 44.5 Å². The van der Waals surface area contributed by atoms with E-state index in [9.17, 15) is 19.5 Å². The van der Waals surface area contributed by atoms with Crippen molar-refractivity contribution in [3.63, 3.8) is 0 Å². The minimum Gasteiger partial charge on any atom is -0.460 e. The summed E-state index contributed by atoms with van der Waals surface area (Å²) in [7, 11) is 0. The fourth-order valence-corrected chi connectivity index (χ4v) is 5.61. The molecule has 2 aliphatic rings. The van der Waals surface area contributed by atoms with Crippen LogP contribution in [0, 0.1) is 11.8 Å². The van der Waals surface area contributed by atoms with E-state index in [1.54, 1.807) is 22.4 Å². The quantitative estimate of drug-likeness (QED) is 0.411. The van der Waals surface area contributed by atoms with Crippen molar-refractivity contribution < 1.29 is 24.2 Å². The molecule has 1 aromatic rings. The molecule has 0 spiro atoms. The van der Waals surface area contributed by atoms with Crippen molar-refractivity contribution in [2.45, 2.75) is 71.6 Å². The third-order valence-corrected chi connectivity index (χ3v) is 7.51. The molecule has 2 N–H and O–H groups in total. The Labute approximate surface area is 229 Å². The fraction of sp³-hybridized carbons (Fsp3) is 0.517. The number of esters is 1. The van der Waals surface area contributed by atoms with Gasteiger partial charge in [-0.15, -0.1) is 11.3 Å². The molecule has 0 aliphatic carbocycles. The Hall–Kier alpha value is -3.04. The number of amides is 2. The van der Waals surface area contributed by atoms with Gasteiger partial charge in [0.15, 0.2) is 0 Å². The molecule has 1 fully saturated rings. The van der Waals surface area contributed by atoms with Gasteiger partial charge in [0.25, 0.3) is 5.91 Å². The van der Waals surface area contributed by atoms with Crippen molar-refractivity contribution in [2.24, 2.45) is 11.8 Å². The van der Waals surface area contributed by atoms with Crippen molar-refractivity contribution in [3.05, 3.63) is 64.2 Å². The molecule has 0 aromatic carbocycles. The van der Waals surface area contributed by atoms with Crippen molar-refractivity contribution in [1.82, 2.24) is 15.2 Å². The predicted octanol–water partition coefficient (Wildman–Crippen LogP) is 3.99. The zero-order valence-electron chi connectivity index (χ0n) is 22.7. The minimum absolute atomic E-state index is 0.0175. The second-order valence-corrected chi connectivity index (χ2v) is 11.3. The lowest BCUT2D eigenvalue weighted by Crippen LogP contribution is -2.44. The van der Waals surface area contributed by atoms with Crippen molar-refractivity contribution in [1.29, 1.82) is 0 Å². The molecule has 2 aliphatic heterocycles. The minimum atomic E-state index is -0.709. The summed E-state index contributed by atoms with van der Waals surface area (Å²) in [5.74, 6) is -1.14. The van der Waals surface area contributed by atoms with Gasteiger partial charge in [-0.25, -0.2) is 9.78 Å². The standard InChI is InChI=1S/C29H39N3O5S/c1-18(2)27-21(5)10-11-25(34)30-12-6-8-19(3)14-22(33)15-20(4)16-26-31-23(17-38-26)28(35)32-13-7-9-24(32)29(36)37-27/h6,8,10-11,14,17-18,21-22,24,27,33H,4,7,9,12-13,15-16H2,1-3,5H3,(H,30,34)/b8-6+,11-10+,19-14+. The van der Waals surface area contributed by atoms with E-state index >= 15 is 0 Å². The first kappa shape index (κ1) is 29.5. The Morgan fingerprint density at radius 3 is 2.76 bits per heavy atom. The summed E-state index contributed by atoms with van der Waals surface area (Å²) in [5.41, 5.74) is 1.97. The summed E-state index contributed by atoms with van der Waals surface area (Å²) in [6.45, 7) is 12.6. The smallest absolute Gasteiger partial charge is 0.329 e. The second kappa shape index (κ2) is 13.7. The number of fused-ring (bicyclic) bond motifs is 3. The molecule has 0 radical (unpaired) electrons. The Morgan fingerprint density at radius 1 is 1.26 bits per heavy atom. The van der Waals surface area contributed by atoms with Crippen LogP contribution in [-0.4, -0.2) is 64.1 Å². The van der Waals surface area contributed by atoms with Crippen LogP contribution in [0.25, 0.3) is 0 Å². The molecule has 1 aromatic heterocycles. The van der Waals surface area contributed by atoms with E-state index in [4.69, 9.17) is 4.74 Å². The average molecular weight is 542 g/mol. The van der Waals surface area contributed by atoms with Crippen LogP contribution in [0.4, 0.5) is 0 Å². The van der Waals surface area contributed by atoms with Crippen LogP contribution >= 0.6 is 11.3 Å². The second-order valence-electron chi connectivity index (χ2n) is 10.4. The molecule has 9 heteroatoms. The number of allylic oxidation sites excluding steroid dienone is 2. The van der Waals surface area contributed by atoms with Crippen LogP contribution in [-0.2, 0) is 20.7 Å². The van der Waals surface area contributed by atoms with E-state index in [0.717, 1.165) is 16.2 Å². The first-order chi connectivity index (χ1) is 18.0. The van der Waals surface area contributed by atoms with Crippen LogP contribution in [0.1, 0.15) is 62.5 Å². The molecular formula is C29H39N3O5S. The number of cyclic esters (lactones) is 1. The Balaban J connectivity index is 1.85. The molecular weight excluding hydrogens is 502 g/mol. The lowest BCUT2D eigenvalue weighted by molar-refractivity contribution is -0.158. The predicted molar refractivity (Wildman–Crippen MR) is 149 cm³/mol. The van der Waals surface area contributed by atoms with Crippen molar-refractivity contribution in [3.8, 4) is 0 Å². The molecule has 3 heterocycles. The highest BCUT2D eigenvalue weighted by molar-refractivity contribution is 7.09. The number of aromatic nitrogens is 1. The van der Waals surface area contributed by atoms with Crippen LogP contribution in [0.3, 0.4) is 0 Å². The van der Waals surface area contributed by atoms with Gasteiger partial charge in [0.1, 0.15) is 17.8 Å². The lowest BCUT2D eigenvalue weighted by Gasteiger charge is -2.29. The molecule has 4 atom stereocenters. The zero-order chi connectivity index (χ0) is 27.8. The first-order valence-electron chi connectivity index (χ1n) is 13.2. The summed E-state index contributed by atoms with van der Waals surface area (Å²) >= 11 is 1.37. The number of ether oxygens (including phenoxy) is 1. The van der Waals surface area contributed by atoms with Crippen LogP contribution in [0.15, 0.2) is 53.5 Å². The fourth-order valence-electron chi connectivity index (χ4n) is 4.77. The number of carbonyl (C=O) groups is 3. The van der Waals surface area contributed by atoms with Gasteiger partial charge in [-0.1, -0.05) is 62.8 Å². The molecule has 2 amide bonds. The van der Waals surface area contributed by atoms with E-state index in [1.807, 2.05) is 39.8 Å². The number of rotatable bonds is 1.